The Balaban J connectivity index is 1.90. The molecule has 1 fully saturated rings. The van der Waals surface area contributed by atoms with E-state index in [2.05, 4.69) is 27.4 Å². The van der Waals surface area contributed by atoms with Gasteiger partial charge in [-0.1, -0.05) is 0 Å². The van der Waals surface area contributed by atoms with Gasteiger partial charge < -0.3 is 5.11 Å². The smallest absolute Gasteiger partial charge is 0.0706 e. The van der Waals surface area contributed by atoms with Gasteiger partial charge in [0.25, 0.3) is 0 Å². The molecule has 1 nitrogen and oxygen atoms in total. The highest BCUT2D eigenvalue weighted by molar-refractivity contribution is 9.10. The van der Waals surface area contributed by atoms with E-state index in [4.69, 9.17) is 0 Å². The third-order valence-corrected chi connectivity index (χ3v) is 5.65. The number of hydrogen-bond acceptors (Lipinski definition) is 3. The van der Waals surface area contributed by atoms with Crippen LogP contribution in [0.25, 0.3) is 0 Å². The molecule has 78 valence electrons. The Morgan fingerprint density at radius 3 is 3.07 bits per heavy atom. The summed E-state index contributed by atoms with van der Waals surface area (Å²) >= 11 is 7.07. The summed E-state index contributed by atoms with van der Waals surface area (Å²) in [6.45, 7) is 0. The normalized spacial score (nSPS) is 24.0. The molecule has 0 aliphatic carbocycles. The lowest BCUT2D eigenvalue weighted by Gasteiger charge is -2.15. The largest absolute Gasteiger partial charge is 0.392 e. The first-order chi connectivity index (χ1) is 6.75. The molecule has 0 saturated carbocycles. The highest BCUT2D eigenvalue weighted by Gasteiger charge is 2.24. The molecule has 1 aromatic rings. The summed E-state index contributed by atoms with van der Waals surface area (Å²) in [5.74, 6) is 1.22. The Morgan fingerprint density at radius 1 is 1.64 bits per heavy atom. The minimum atomic E-state index is -0.159. The molecular weight excluding hydrogens is 280 g/mol. The lowest BCUT2D eigenvalue weighted by Crippen LogP contribution is -2.22. The number of hydrogen-bond donors (Lipinski definition) is 1. The molecule has 2 atom stereocenters. The summed E-state index contributed by atoms with van der Waals surface area (Å²) in [4.78, 5) is 1.27. The molecule has 14 heavy (non-hydrogen) atoms. The summed E-state index contributed by atoms with van der Waals surface area (Å²) in [6.07, 6.45) is 3.10. The van der Waals surface area contributed by atoms with Crippen LogP contribution in [0.4, 0.5) is 0 Å². The highest BCUT2D eigenvalue weighted by Crippen LogP contribution is 2.31. The lowest BCUT2D eigenvalue weighted by molar-refractivity contribution is 0.171. The standard InChI is InChI=1S/C10H13BrOS2/c11-7-4-8(14-6-7)5-9(12)10-2-1-3-13-10/h4,6,9-10,12H,1-3,5H2. The van der Waals surface area contributed by atoms with E-state index >= 15 is 0 Å². The van der Waals surface area contributed by atoms with Crippen molar-refractivity contribution in [1.82, 2.24) is 0 Å². The van der Waals surface area contributed by atoms with Gasteiger partial charge in [0, 0.05) is 26.4 Å². The number of rotatable bonds is 3. The van der Waals surface area contributed by atoms with E-state index in [1.54, 1.807) is 11.3 Å². The summed E-state index contributed by atoms with van der Waals surface area (Å²) in [6, 6.07) is 2.10. The van der Waals surface area contributed by atoms with Crippen LogP contribution in [0.3, 0.4) is 0 Å². The molecule has 0 aromatic carbocycles. The minimum absolute atomic E-state index is 0.159. The van der Waals surface area contributed by atoms with Gasteiger partial charge >= 0.3 is 0 Å². The van der Waals surface area contributed by atoms with Crippen LogP contribution in [-0.4, -0.2) is 22.2 Å². The SMILES string of the molecule is OC(Cc1cc(Br)cs1)C1CCCS1. The Morgan fingerprint density at radius 2 is 2.50 bits per heavy atom. The summed E-state index contributed by atoms with van der Waals surface area (Å²) in [5.41, 5.74) is 0. The van der Waals surface area contributed by atoms with Crippen molar-refractivity contribution in [2.24, 2.45) is 0 Å². The predicted octanol–water partition coefficient (Wildman–Crippen LogP) is 3.31. The number of aliphatic hydroxyl groups excluding tert-OH is 1. The van der Waals surface area contributed by atoms with E-state index < -0.39 is 0 Å². The predicted molar refractivity (Wildman–Crippen MR) is 67.2 cm³/mol. The van der Waals surface area contributed by atoms with Gasteiger partial charge in [-0.15, -0.1) is 11.3 Å². The van der Waals surface area contributed by atoms with Crippen LogP contribution >= 0.6 is 39.0 Å². The molecule has 0 amide bonds. The zero-order chi connectivity index (χ0) is 9.97. The van der Waals surface area contributed by atoms with Crippen molar-refractivity contribution in [3.05, 3.63) is 20.8 Å². The number of halogens is 1. The quantitative estimate of drug-likeness (QED) is 0.922. The van der Waals surface area contributed by atoms with Crippen molar-refractivity contribution >= 4 is 39.0 Å². The monoisotopic (exact) mass is 292 g/mol. The molecule has 2 unspecified atom stereocenters. The van der Waals surface area contributed by atoms with Crippen molar-refractivity contribution in [2.45, 2.75) is 30.6 Å². The number of aliphatic hydroxyl groups is 1. The first-order valence-electron chi connectivity index (χ1n) is 4.78. The molecule has 1 saturated heterocycles. The van der Waals surface area contributed by atoms with Gasteiger partial charge in [0.2, 0.25) is 0 Å². The van der Waals surface area contributed by atoms with Gasteiger partial charge in [0.05, 0.1) is 6.10 Å². The molecular formula is C10H13BrOS2. The summed E-state index contributed by atoms with van der Waals surface area (Å²) < 4.78 is 1.13. The molecule has 2 rings (SSSR count). The topological polar surface area (TPSA) is 20.2 Å². The van der Waals surface area contributed by atoms with Gasteiger partial charge in [-0.05, 0) is 40.6 Å². The second-order valence-electron chi connectivity index (χ2n) is 3.55. The molecule has 4 heteroatoms. The van der Waals surface area contributed by atoms with Crippen molar-refractivity contribution < 1.29 is 5.11 Å². The van der Waals surface area contributed by atoms with E-state index in [9.17, 15) is 5.11 Å². The van der Waals surface area contributed by atoms with Crippen molar-refractivity contribution in [3.8, 4) is 0 Å². The highest BCUT2D eigenvalue weighted by atomic mass is 79.9. The molecule has 1 aliphatic heterocycles. The van der Waals surface area contributed by atoms with Gasteiger partial charge in [-0.2, -0.15) is 11.8 Å². The van der Waals surface area contributed by atoms with E-state index in [0.29, 0.717) is 5.25 Å². The van der Waals surface area contributed by atoms with Gasteiger partial charge in [-0.25, -0.2) is 0 Å². The van der Waals surface area contributed by atoms with Gasteiger partial charge in [0.1, 0.15) is 0 Å². The average molecular weight is 293 g/mol. The maximum absolute atomic E-state index is 9.98. The van der Waals surface area contributed by atoms with Crippen LogP contribution in [0, 0.1) is 0 Å². The molecule has 0 spiro atoms. The fourth-order valence-electron chi connectivity index (χ4n) is 1.70. The second kappa shape index (κ2) is 5.01. The van der Waals surface area contributed by atoms with Crippen molar-refractivity contribution in [2.75, 3.05) is 5.75 Å². The first-order valence-corrected chi connectivity index (χ1v) is 7.50. The van der Waals surface area contributed by atoms with Crippen molar-refractivity contribution in [3.63, 3.8) is 0 Å². The van der Waals surface area contributed by atoms with E-state index in [0.717, 1.165) is 10.9 Å². The van der Waals surface area contributed by atoms with Crippen LogP contribution in [0.2, 0.25) is 0 Å². The van der Waals surface area contributed by atoms with Gasteiger partial charge in [-0.3, -0.25) is 0 Å². The Bertz CT molecular complexity index is 294. The van der Waals surface area contributed by atoms with E-state index in [1.165, 1.54) is 23.5 Å². The molecule has 1 aliphatic rings. The molecule has 2 heterocycles. The number of thioether (sulfide) groups is 1. The van der Waals surface area contributed by atoms with Crippen LogP contribution in [-0.2, 0) is 6.42 Å². The Hall–Kier alpha value is 0.490. The second-order valence-corrected chi connectivity index (χ2v) is 6.81. The van der Waals surface area contributed by atoms with Crippen molar-refractivity contribution in [1.29, 1.82) is 0 Å². The molecule has 1 N–H and O–H groups in total. The molecule has 1 aromatic heterocycles. The first kappa shape index (κ1) is 11.0. The van der Waals surface area contributed by atoms with Crippen LogP contribution < -0.4 is 0 Å². The lowest BCUT2D eigenvalue weighted by atomic mass is 10.1. The fraction of sp³-hybridized carbons (Fsp3) is 0.600. The average Bonchev–Trinajstić information content (AvgIpc) is 2.75. The van der Waals surface area contributed by atoms with Crippen LogP contribution in [0.1, 0.15) is 17.7 Å². The Labute approximate surface area is 101 Å². The van der Waals surface area contributed by atoms with Gasteiger partial charge in [0.15, 0.2) is 0 Å². The maximum atomic E-state index is 9.98. The molecule has 0 radical (unpaired) electrons. The fourth-order valence-corrected chi connectivity index (χ4v) is 4.49. The minimum Gasteiger partial charge on any atom is -0.392 e. The van der Waals surface area contributed by atoms with E-state index in [-0.39, 0.29) is 6.10 Å². The third kappa shape index (κ3) is 2.75. The molecule has 0 bridgehead atoms. The zero-order valence-electron chi connectivity index (χ0n) is 7.78. The zero-order valence-corrected chi connectivity index (χ0v) is 11.0. The van der Waals surface area contributed by atoms with Crippen LogP contribution in [0.5, 0.6) is 0 Å². The summed E-state index contributed by atoms with van der Waals surface area (Å²) in [5, 5.41) is 12.5. The maximum Gasteiger partial charge on any atom is 0.0706 e. The van der Waals surface area contributed by atoms with Crippen LogP contribution in [0.15, 0.2) is 15.9 Å². The summed E-state index contributed by atoms with van der Waals surface area (Å²) in [7, 11) is 0. The van der Waals surface area contributed by atoms with E-state index in [1.807, 2.05) is 11.8 Å². The number of thiophene rings is 1. The third-order valence-electron chi connectivity index (χ3n) is 2.43. The Kier molecular flexibility index (Phi) is 3.93.